The largest absolute Gasteiger partial charge is 0.342 e. The Morgan fingerprint density at radius 3 is 2.83 bits per heavy atom. The van der Waals surface area contributed by atoms with Gasteiger partial charge in [0.15, 0.2) is 5.82 Å². The number of rotatable bonds is 7. The van der Waals surface area contributed by atoms with Gasteiger partial charge >= 0.3 is 0 Å². The molecule has 10 heteroatoms. The summed E-state index contributed by atoms with van der Waals surface area (Å²) >= 11 is 0. The molecule has 4 aromatic rings. The van der Waals surface area contributed by atoms with Crippen molar-refractivity contribution in [1.29, 1.82) is 5.26 Å². The second-order valence-corrected chi connectivity index (χ2v) is 9.47. The molecule has 1 N–H and O–H groups in total. The smallest absolute Gasteiger partial charge is 0.236 e. The van der Waals surface area contributed by atoms with E-state index in [0.29, 0.717) is 36.7 Å². The van der Waals surface area contributed by atoms with E-state index < -0.39 is 0 Å². The second-order valence-electron chi connectivity index (χ2n) is 9.47. The predicted molar refractivity (Wildman–Crippen MR) is 135 cm³/mol. The zero-order chi connectivity index (χ0) is 25.1. The Balaban J connectivity index is 1.23. The molecule has 36 heavy (non-hydrogen) atoms. The zero-order valence-electron chi connectivity index (χ0n) is 20.5. The van der Waals surface area contributed by atoms with Crippen LogP contribution in [-0.2, 0) is 11.3 Å². The lowest BCUT2D eigenvalue weighted by Gasteiger charge is -2.31. The van der Waals surface area contributed by atoms with Crippen molar-refractivity contribution in [1.82, 2.24) is 34.3 Å². The quantitative estimate of drug-likeness (QED) is 0.422. The van der Waals surface area contributed by atoms with Crippen LogP contribution in [0.3, 0.4) is 0 Å². The summed E-state index contributed by atoms with van der Waals surface area (Å²) in [5, 5.41) is 21.0. The fourth-order valence-corrected chi connectivity index (χ4v) is 4.64. The monoisotopic (exact) mass is 483 g/mol. The van der Waals surface area contributed by atoms with Crippen LogP contribution in [0, 0.1) is 17.2 Å². The molecule has 0 bridgehead atoms. The summed E-state index contributed by atoms with van der Waals surface area (Å²) in [6.45, 7) is 6.50. The molecular formula is C26H29N9O. The fraction of sp³-hybridized carbons (Fsp3) is 0.385. The van der Waals surface area contributed by atoms with E-state index in [2.05, 4.69) is 40.4 Å². The summed E-state index contributed by atoms with van der Waals surface area (Å²) in [5.41, 5.74) is 4.10. The molecule has 0 aliphatic carbocycles. The van der Waals surface area contributed by atoms with E-state index in [1.54, 1.807) is 11.1 Å². The number of nitrogens with zero attached hydrogens (tertiary/aromatic N) is 8. The lowest BCUT2D eigenvalue weighted by atomic mass is 9.96. The Morgan fingerprint density at radius 1 is 1.22 bits per heavy atom. The average molecular weight is 484 g/mol. The SMILES string of the molecule is CC(C)c1cnn2ccc(-c3ccnc(Nc4ccn(CC5CCN(C(=O)CC#N)CC5)n4)n3)cc12. The topological polar surface area (TPSA) is 117 Å². The number of piperidine rings is 1. The van der Waals surface area contributed by atoms with Gasteiger partial charge in [0.1, 0.15) is 6.42 Å². The third-order valence-corrected chi connectivity index (χ3v) is 6.65. The van der Waals surface area contributed by atoms with E-state index in [0.717, 1.165) is 36.2 Å². The van der Waals surface area contributed by atoms with E-state index in [1.165, 1.54) is 5.56 Å². The highest BCUT2D eigenvalue weighted by atomic mass is 16.2. The van der Waals surface area contributed by atoms with Gasteiger partial charge in [0.05, 0.1) is 23.5 Å². The number of fused-ring (bicyclic) bond motifs is 1. The van der Waals surface area contributed by atoms with Crippen LogP contribution in [-0.4, -0.2) is 53.3 Å². The van der Waals surface area contributed by atoms with Gasteiger partial charge in [0, 0.05) is 55.4 Å². The highest BCUT2D eigenvalue weighted by molar-refractivity contribution is 5.78. The number of aromatic nitrogens is 6. The van der Waals surface area contributed by atoms with Crippen molar-refractivity contribution in [2.75, 3.05) is 18.4 Å². The molecule has 1 aliphatic rings. The molecule has 0 aromatic carbocycles. The maximum absolute atomic E-state index is 11.9. The van der Waals surface area contributed by atoms with Crippen LogP contribution >= 0.6 is 0 Å². The normalized spacial score (nSPS) is 14.3. The Hall–Kier alpha value is -4.26. The van der Waals surface area contributed by atoms with Gasteiger partial charge in [-0.05, 0) is 42.9 Å². The summed E-state index contributed by atoms with van der Waals surface area (Å²) in [5.74, 6) is 1.92. The van der Waals surface area contributed by atoms with E-state index in [1.807, 2.05) is 52.1 Å². The van der Waals surface area contributed by atoms with Gasteiger partial charge in [-0.2, -0.15) is 15.5 Å². The summed E-state index contributed by atoms with van der Waals surface area (Å²) in [4.78, 5) is 22.8. The number of pyridine rings is 1. The summed E-state index contributed by atoms with van der Waals surface area (Å²) in [7, 11) is 0. The van der Waals surface area contributed by atoms with Crippen molar-refractivity contribution in [2.24, 2.45) is 5.92 Å². The molecule has 1 fully saturated rings. The summed E-state index contributed by atoms with van der Waals surface area (Å²) < 4.78 is 3.81. The third kappa shape index (κ3) is 5.05. The zero-order valence-corrected chi connectivity index (χ0v) is 20.5. The fourth-order valence-electron chi connectivity index (χ4n) is 4.64. The number of likely N-dealkylation sites (tertiary alicyclic amines) is 1. The molecule has 0 unspecified atom stereocenters. The summed E-state index contributed by atoms with van der Waals surface area (Å²) in [6.07, 6.45) is 9.34. The average Bonchev–Trinajstić information content (AvgIpc) is 3.51. The molecule has 1 aliphatic heterocycles. The van der Waals surface area contributed by atoms with Crippen molar-refractivity contribution in [3.63, 3.8) is 0 Å². The van der Waals surface area contributed by atoms with Crippen molar-refractivity contribution in [3.8, 4) is 17.3 Å². The second kappa shape index (κ2) is 10.2. The van der Waals surface area contributed by atoms with Crippen LogP contribution in [0.25, 0.3) is 16.8 Å². The first-order chi connectivity index (χ1) is 17.5. The van der Waals surface area contributed by atoms with E-state index in [9.17, 15) is 4.79 Å². The molecule has 184 valence electrons. The number of nitriles is 1. The van der Waals surface area contributed by atoms with Gasteiger partial charge in [-0.3, -0.25) is 9.48 Å². The predicted octanol–water partition coefficient (Wildman–Crippen LogP) is 4.01. The number of nitrogens with one attached hydrogen (secondary N) is 1. The highest BCUT2D eigenvalue weighted by Crippen LogP contribution is 2.26. The van der Waals surface area contributed by atoms with Gasteiger partial charge < -0.3 is 10.2 Å². The first kappa shape index (κ1) is 23.5. The van der Waals surface area contributed by atoms with Crippen LogP contribution in [0.15, 0.2) is 49.1 Å². The summed E-state index contributed by atoms with van der Waals surface area (Å²) in [6, 6.07) is 9.86. The van der Waals surface area contributed by atoms with E-state index in [4.69, 9.17) is 10.2 Å². The number of anilines is 2. The van der Waals surface area contributed by atoms with Gasteiger partial charge in [0.2, 0.25) is 11.9 Å². The molecule has 0 spiro atoms. The lowest BCUT2D eigenvalue weighted by molar-refractivity contribution is -0.131. The molecule has 0 atom stereocenters. The maximum Gasteiger partial charge on any atom is 0.236 e. The lowest BCUT2D eigenvalue weighted by Crippen LogP contribution is -2.39. The minimum Gasteiger partial charge on any atom is -0.342 e. The molecular weight excluding hydrogens is 454 g/mol. The molecule has 10 nitrogen and oxygen atoms in total. The Labute approximate surface area is 209 Å². The molecule has 5 rings (SSSR count). The molecule has 0 saturated carbocycles. The van der Waals surface area contributed by atoms with Gasteiger partial charge in [-0.1, -0.05) is 13.8 Å². The van der Waals surface area contributed by atoms with Crippen LogP contribution in [0.5, 0.6) is 0 Å². The minimum atomic E-state index is -0.0748. The number of amides is 1. The van der Waals surface area contributed by atoms with Crippen molar-refractivity contribution in [3.05, 3.63) is 54.6 Å². The molecule has 4 aromatic heterocycles. The molecule has 1 amide bonds. The third-order valence-electron chi connectivity index (χ3n) is 6.65. The van der Waals surface area contributed by atoms with Crippen molar-refractivity contribution in [2.45, 2.75) is 45.6 Å². The Morgan fingerprint density at radius 2 is 2.06 bits per heavy atom. The van der Waals surface area contributed by atoms with E-state index in [-0.39, 0.29) is 12.3 Å². The van der Waals surface area contributed by atoms with Crippen molar-refractivity contribution < 1.29 is 4.79 Å². The maximum atomic E-state index is 11.9. The van der Waals surface area contributed by atoms with Crippen molar-refractivity contribution >= 4 is 23.2 Å². The first-order valence-electron chi connectivity index (χ1n) is 12.3. The molecule has 5 heterocycles. The first-order valence-corrected chi connectivity index (χ1v) is 12.3. The van der Waals surface area contributed by atoms with Crippen LogP contribution < -0.4 is 5.32 Å². The number of carbonyl (C=O) groups excluding carboxylic acids is 1. The minimum absolute atomic E-state index is 0.0423. The Bertz CT molecular complexity index is 1410. The highest BCUT2D eigenvalue weighted by Gasteiger charge is 2.23. The molecule has 1 saturated heterocycles. The van der Waals surface area contributed by atoms with Gasteiger partial charge in [-0.15, -0.1) is 0 Å². The van der Waals surface area contributed by atoms with Crippen LogP contribution in [0.2, 0.25) is 0 Å². The van der Waals surface area contributed by atoms with Gasteiger partial charge in [-0.25, -0.2) is 14.5 Å². The Kier molecular flexibility index (Phi) is 6.62. The number of hydrogen-bond donors (Lipinski definition) is 1. The number of hydrogen-bond acceptors (Lipinski definition) is 7. The standard InChI is InChI=1S/C26H29N9O/c1-18(2)21-16-29-35-14-7-20(15-23(21)35)22-4-10-28-26(30-22)31-24-8-13-34(32-24)17-19-5-11-33(12-6-19)25(36)3-9-27/h4,7-8,10,13-16,18-19H,3,5-6,11-12,17H2,1-2H3,(H,28,30,31,32). The van der Waals surface area contributed by atoms with Crippen LogP contribution in [0.4, 0.5) is 11.8 Å². The van der Waals surface area contributed by atoms with E-state index >= 15 is 0 Å². The number of carbonyl (C=O) groups is 1. The molecule has 0 radical (unpaired) electrons. The van der Waals surface area contributed by atoms with Crippen LogP contribution in [0.1, 0.15) is 44.6 Å². The van der Waals surface area contributed by atoms with Gasteiger partial charge in [0.25, 0.3) is 0 Å².